The molecule has 8 heteroatoms. The number of hydrogen-bond donors (Lipinski definition) is 1. The summed E-state index contributed by atoms with van der Waals surface area (Å²) in [5, 5.41) is 1.37. The Balaban J connectivity index is 2.50. The maximum absolute atomic E-state index is 12.4. The highest BCUT2D eigenvalue weighted by molar-refractivity contribution is 5.49. The molecule has 0 aliphatic rings. The van der Waals surface area contributed by atoms with Gasteiger partial charge in [0.15, 0.2) is 11.5 Å². The number of aromatic nitrogens is 3. The van der Waals surface area contributed by atoms with Crippen LogP contribution in [0.3, 0.4) is 0 Å². The molecule has 0 saturated heterocycles. The maximum atomic E-state index is 12.4. The summed E-state index contributed by atoms with van der Waals surface area (Å²) in [6, 6.07) is 5.16. The predicted octanol–water partition coefficient (Wildman–Crippen LogP) is 1.04. The summed E-state index contributed by atoms with van der Waals surface area (Å²) in [5.41, 5.74) is 0.141. The summed E-state index contributed by atoms with van der Waals surface area (Å²) in [5.74, 6) is 7.64. The zero-order valence-electron chi connectivity index (χ0n) is 13.7. The van der Waals surface area contributed by atoms with E-state index in [-0.39, 0.29) is 5.95 Å². The van der Waals surface area contributed by atoms with Gasteiger partial charge in [-0.3, -0.25) is 5.01 Å². The molecule has 0 saturated carbocycles. The monoisotopic (exact) mass is 319 g/mol. The van der Waals surface area contributed by atoms with Gasteiger partial charge in [0.25, 0.3) is 0 Å². The second-order valence-electron chi connectivity index (χ2n) is 4.92. The minimum absolute atomic E-state index is 0.214. The molecule has 0 bridgehead atoms. The van der Waals surface area contributed by atoms with Crippen LogP contribution in [0.5, 0.6) is 11.5 Å². The van der Waals surface area contributed by atoms with Crippen molar-refractivity contribution in [1.29, 1.82) is 0 Å². The van der Waals surface area contributed by atoms with Crippen molar-refractivity contribution in [2.75, 3.05) is 25.8 Å². The van der Waals surface area contributed by atoms with E-state index in [1.165, 1.54) is 16.7 Å². The highest BCUT2D eigenvalue weighted by Crippen LogP contribution is 2.28. The Morgan fingerprint density at radius 2 is 1.91 bits per heavy atom. The Kier molecular flexibility index (Phi) is 5.17. The summed E-state index contributed by atoms with van der Waals surface area (Å²) in [6.07, 6.45) is 0.831. The van der Waals surface area contributed by atoms with Crippen LogP contribution in [0.2, 0.25) is 0 Å². The average molecular weight is 319 g/mol. The molecule has 0 atom stereocenters. The fraction of sp³-hybridized carbons (Fsp3) is 0.400. The molecule has 0 aliphatic heterocycles. The number of aryl methyl sites for hydroxylation is 1. The lowest BCUT2D eigenvalue weighted by molar-refractivity contribution is 0.355. The molecule has 0 radical (unpaired) electrons. The number of nitrogens with two attached hydrogens (primary N) is 1. The lowest BCUT2D eigenvalue weighted by Gasteiger charge is -2.17. The standard InChI is InChI=1S/C15H21N5O3/c1-5-8-19(16)14-17-10(2)20(15(21)18-14)11-6-7-12(22-3)13(9-11)23-4/h6-7,9H,5,8,16H2,1-4H3. The number of benzene rings is 1. The topological polar surface area (TPSA) is 95.5 Å². The van der Waals surface area contributed by atoms with Gasteiger partial charge in [-0.1, -0.05) is 6.92 Å². The SMILES string of the molecule is CCCN(N)c1nc(C)n(-c2ccc(OC)c(OC)c2)c(=O)n1. The Hall–Kier alpha value is -2.61. The number of rotatable bonds is 6. The first-order valence-corrected chi connectivity index (χ1v) is 7.24. The third-order valence-electron chi connectivity index (χ3n) is 3.32. The lowest BCUT2D eigenvalue weighted by atomic mass is 10.2. The van der Waals surface area contributed by atoms with E-state index >= 15 is 0 Å². The first-order valence-electron chi connectivity index (χ1n) is 7.24. The van der Waals surface area contributed by atoms with Crippen molar-refractivity contribution in [2.24, 2.45) is 5.84 Å². The molecule has 0 amide bonds. The highest BCUT2D eigenvalue weighted by atomic mass is 16.5. The van der Waals surface area contributed by atoms with E-state index in [2.05, 4.69) is 9.97 Å². The molecule has 1 aromatic heterocycles. The first-order chi connectivity index (χ1) is 11.0. The fourth-order valence-electron chi connectivity index (χ4n) is 2.22. The quantitative estimate of drug-likeness (QED) is 0.628. The summed E-state index contributed by atoms with van der Waals surface area (Å²) >= 11 is 0. The zero-order valence-corrected chi connectivity index (χ0v) is 13.7. The van der Waals surface area contributed by atoms with Gasteiger partial charge < -0.3 is 9.47 Å². The summed E-state index contributed by atoms with van der Waals surface area (Å²) in [6.45, 7) is 4.28. The van der Waals surface area contributed by atoms with Gasteiger partial charge in [0.1, 0.15) is 5.82 Å². The van der Waals surface area contributed by atoms with E-state index in [0.29, 0.717) is 29.6 Å². The molecule has 0 fully saturated rings. The van der Waals surface area contributed by atoms with E-state index in [4.69, 9.17) is 15.3 Å². The van der Waals surface area contributed by atoms with E-state index in [9.17, 15) is 4.79 Å². The van der Waals surface area contributed by atoms with Crippen molar-refractivity contribution in [3.63, 3.8) is 0 Å². The number of hydrogen-bond acceptors (Lipinski definition) is 7. The normalized spacial score (nSPS) is 10.5. The van der Waals surface area contributed by atoms with Gasteiger partial charge in [-0.2, -0.15) is 9.97 Å². The molecule has 1 heterocycles. The van der Waals surface area contributed by atoms with E-state index in [1.807, 2.05) is 6.92 Å². The van der Waals surface area contributed by atoms with E-state index in [1.54, 1.807) is 32.2 Å². The Labute approximate surface area is 134 Å². The largest absolute Gasteiger partial charge is 0.493 e. The zero-order chi connectivity index (χ0) is 17.0. The molecule has 2 N–H and O–H groups in total. The number of hydrazine groups is 1. The molecule has 1 aromatic carbocycles. The van der Waals surface area contributed by atoms with Crippen LogP contribution in [0.15, 0.2) is 23.0 Å². The summed E-state index contributed by atoms with van der Waals surface area (Å²) in [4.78, 5) is 20.6. The van der Waals surface area contributed by atoms with Crippen LogP contribution in [0.1, 0.15) is 19.2 Å². The van der Waals surface area contributed by atoms with E-state index < -0.39 is 5.69 Å². The minimum Gasteiger partial charge on any atom is -0.493 e. The first kappa shape index (κ1) is 16.8. The van der Waals surface area contributed by atoms with Gasteiger partial charge >= 0.3 is 5.69 Å². The van der Waals surface area contributed by atoms with Crippen LogP contribution in [0.4, 0.5) is 5.95 Å². The summed E-state index contributed by atoms with van der Waals surface area (Å²) < 4.78 is 11.9. The van der Waals surface area contributed by atoms with Crippen LogP contribution in [0, 0.1) is 6.92 Å². The van der Waals surface area contributed by atoms with Crippen molar-refractivity contribution in [3.05, 3.63) is 34.5 Å². The Bertz CT molecular complexity index is 744. The molecular formula is C15H21N5O3. The number of nitrogens with zero attached hydrogens (tertiary/aromatic N) is 4. The Morgan fingerprint density at radius 1 is 1.22 bits per heavy atom. The molecule has 2 aromatic rings. The minimum atomic E-state index is -0.453. The smallest absolute Gasteiger partial charge is 0.356 e. The second kappa shape index (κ2) is 7.10. The third-order valence-corrected chi connectivity index (χ3v) is 3.32. The van der Waals surface area contributed by atoms with Gasteiger partial charge in [0, 0.05) is 12.6 Å². The van der Waals surface area contributed by atoms with Crippen molar-refractivity contribution in [3.8, 4) is 17.2 Å². The molecule has 0 aliphatic carbocycles. The third kappa shape index (κ3) is 3.42. The Morgan fingerprint density at radius 3 is 2.48 bits per heavy atom. The average Bonchev–Trinajstić information content (AvgIpc) is 2.54. The molecule has 0 spiro atoms. The van der Waals surface area contributed by atoms with Crippen LogP contribution in [-0.2, 0) is 0 Å². The number of methoxy groups -OCH3 is 2. The van der Waals surface area contributed by atoms with Gasteiger partial charge in [-0.15, -0.1) is 0 Å². The van der Waals surface area contributed by atoms with Gasteiger partial charge in [0.2, 0.25) is 5.95 Å². The summed E-state index contributed by atoms with van der Waals surface area (Å²) in [7, 11) is 3.09. The molecule has 2 rings (SSSR count). The fourth-order valence-corrected chi connectivity index (χ4v) is 2.22. The van der Waals surface area contributed by atoms with Crippen LogP contribution in [0.25, 0.3) is 5.69 Å². The number of ether oxygens (including phenoxy) is 2. The van der Waals surface area contributed by atoms with E-state index in [0.717, 1.165) is 6.42 Å². The lowest BCUT2D eigenvalue weighted by Crippen LogP contribution is -2.37. The highest BCUT2D eigenvalue weighted by Gasteiger charge is 2.13. The molecule has 23 heavy (non-hydrogen) atoms. The molecular weight excluding hydrogens is 298 g/mol. The maximum Gasteiger partial charge on any atom is 0.356 e. The predicted molar refractivity (Wildman–Crippen MR) is 87.3 cm³/mol. The second-order valence-corrected chi connectivity index (χ2v) is 4.92. The molecule has 0 unspecified atom stereocenters. The van der Waals surface area contributed by atoms with Gasteiger partial charge in [0.05, 0.1) is 19.9 Å². The van der Waals surface area contributed by atoms with Crippen LogP contribution < -0.4 is 26.0 Å². The molecule has 8 nitrogen and oxygen atoms in total. The van der Waals surface area contributed by atoms with Crippen LogP contribution in [-0.4, -0.2) is 35.3 Å². The van der Waals surface area contributed by atoms with Gasteiger partial charge in [-0.05, 0) is 25.5 Å². The molecule has 124 valence electrons. The van der Waals surface area contributed by atoms with Crippen molar-refractivity contribution < 1.29 is 9.47 Å². The van der Waals surface area contributed by atoms with Crippen LogP contribution >= 0.6 is 0 Å². The van der Waals surface area contributed by atoms with Crippen molar-refractivity contribution in [1.82, 2.24) is 14.5 Å². The van der Waals surface area contributed by atoms with Crippen molar-refractivity contribution in [2.45, 2.75) is 20.3 Å². The van der Waals surface area contributed by atoms with Crippen molar-refractivity contribution >= 4 is 5.95 Å². The number of anilines is 1. The van der Waals surface area contributed by atoms with Gasteiger partial charge in [-0.25, -0.2) is 15.2 Å².